The summed E-state index contributed by atoms with van der Waals surface area (Å²) in [5, 5.41) is 0. The van der Waals surface area contributed by atoms with Crippen LogP contribution < -0.4 is 0 Å². The van der Waals surface area contributed by atoms with Crippen LogP contribution in [0.2, 0.25) is 0 Å². The fourth-order valence-corrected chi connectivity index (χ4v) is 4.85. The van der Waals surface area contributed by atoms with Crippen molar-refractivity contribution >= 4 is 15.7 Å². The number of nitrogens with zero attached hydrogens (tertiary/aromatic N) is 1. The van der Waals surface area contributed by atoms with Crippen LogP contribution in [-0.4, -0.2) is 43.3 Å². The number of benzene rings is 2. The zero-order valence-electron chi connectivity index (χ0n) is 13.8. The Bertz CT molecular complexity index is 835. The molecule has 0 saturated carbocycles. The summed E-state index contributed by atoms with van der Waals surface area (Å²) in [7, 11) is -3.10. The highest BCUT2D eigenvalue weighted by atomic mass is 32.2. The minimum atomic E-state index is -3.10. The fraction of sp³-hybridized carbons (Fsp3) is 0.316. The summed E-state index contributed by atoms with van der Waals surface area (Å²) < 4.78 is 36.8. The molecule has 0 aliphatic carbocycles. The molecule has 0 unspecified atom stereocenters. The highest BCUT2D eigenvalue weighted by Crippen LogP contribution is 2.21. The van der Waals surface area contributed by atoms with Gasteiger partial charge in [0.15, 0.2) is 9.84 Å². The van der Waals surface area contributed by atoms with Crippen LogP contribution >= 0.6 is 0 Å². The van der Waals surface area contributed by atoms with Crippen molar-refractivity contribution in [1.82, 2.24) is 4.90 Å². The van der Waals surface area contributed by atoms with E-state index in [1.165, 1.54) is 24.3 Å². The molecule has 3 rings (SSSR count). The molecule has 2 aromatic carbocycles. The summed E-state index contributed by atoms with van der Waals surface area (Å²) in [5.41, 5.74) is 1.46. The summed E-state index contributed by atoms with van der Waals surface area (Å²) in [4.78, 5) is 14.5. The molecule has 0 radical (unpaired) electrons. The second-order valence-corrected chi connectivity index (χ2v) is 8.53. The maximum atomic E-state index is 13.1. The van der Waals surface area contributed by atoms with Gasteiger partial charge in [-0.2, -0.15) is 0 Å². The van der Waals surface area contributed by atoms with E-state index in [4.69, 9.17) is 0 Å². The molecule has 0 bridgehead atoms. The second-order valence-electron chi connectivity index (χ2n) is 6.30. The van der Waals surface area contributed by atoms with Crippen molar-refractivity contribution in [2.75, 3.05) is 18.1 Å². The summed E-state index contributed by atoms with van der Waals surface area (Å²) in [5.74, 6) is -0.556. The number of amides is 1. The van der Waals surface area contributed by atoms with E-state index in [-0.39, 0.29) is 23.5 Å². The monoisotopic (exact) mass is 361 g/mol. The Balaban J connectivity index is 1.80. The van der Waals surface area contributed by atoms with Crippen LogP contribution in [0, 0.1) is 5.82 Å². The Morgan fingerprint density at radius 2 is 1.76 bits per heavy atom. The Morgan fingerprint density at radius 3 is 2.36 bits per heavy atom. The zero-order chi connectivity index (χ0) is 17.9. The van der Waals surface area contributed by atoms with Crippen molar-refractivity contribution in [2.24, 2.45) is 0 Å². The molecule has 4 nitrogen and oxygen atoms in total. The van der Waals surface area contributed by atoms with Gasteiger partial charge in [-0.25, -0.2) is 12.8 Å². The van der Waals surface area contributed by atoms with Gasteiger partial charge in [-0.3, -0.25) is 4.79 Å². The molecule has 2 aromatic rings. The fourth-order valence-electron chi connectivity index (χ4n) is 3.12. The summed E-state index contributed by atoms with van der Waals surface area (Å²) in [6.07, 6.45) is 1.09. The quantitative estimate of drug-likeness (QED) is 0.823. The van der Waals surface area contributed by atoms with E-state index in [2.05, 4.69) is 0 Å². The lowest BCUT2D eigenvalue weighted by Crippen LogP contribution is -2.42. The van der Waals surface area contributed by atoms with E-state index in [9.17, 15) is 17.6 Å². The predicted octanol–water partition coefficient (Wildman–Crippen LogP) is 2.70. The number of carbonyl (C=O) groups excluding carboxylic acids is 1. The van der Waals surface area contributed by atoms with Gasteiger partial charge >= 0.3 is 0 Å². The first kappa shape index (κ1) is 17.6. The second kappa shape index (κ2) is 7.35. The molecule has 25 heavy (non-hydrogen) atoms. The molecule has 6 heteroatoms. The average molecular weight is 361 g/mol. The van der Waals surface area contributed by atoms with Gasteiger partial charge in [0.1, 0.15) is 5.82 Å². The van der Waals surface area contributed by atoms with Crippen LogP contribution in [0.3, 0.4) is 0 Å². The standard InChI is InChI=1S/C19H20FNO3S/c20-17-8-6-16(7-9-17)19(22)21(18-11-13-25(23,24)14-18)12-10-15-4-2-1-3-5-15/h1-9,18H,10-14H2/t18-/m0/s1. The Labute approximate surface area is 147 Å². The summed E-state index contributed by atoms with van der Waals surface area (Å²) in [6.45, 7) is 0.431. The molecule has 1 atom stereocenters. The molecule has 132 valence electrons. The summed E-state index contributed by atoms with van der Waals surface area (Å²) >= 11 is 0. The molecule has 0 aromatic heterocycles. The lowest BCUT2D eigenvalue weighted by Gasteiger charge is -2.28. The minimum Gasteiger partial charge on any atom is -0.334 e. The first-order chi connectivity index (χ1) is 11.9. The lowest BCUT2D eigenvalue weighted by atomic mass is 10.1. The van der Waals surface area contributed by atoms with E-state index in [0.717, 1.165) is 5.56 Å². The van der Waals surface area contributed by atoms with Crippen LogP contribution in [0.5, 0.6) is 0 Å². The van der Waals surface area contributed by atoms with Crippen molar-refractivity contribution in [3.63, 3.8) is 0 Å². The number of halogens is 1. The van der Waals surface area contributed by atoms with Crippen molar-refractivity contribution in [3.05, 3.63) is 71.5 Å². The highest BCUT2D eigenvalue weighted by Gasteiger charge is 2.34. The number of rotatable bonds is 5. The van der Waals surface area contributed by atoms with Gasteiger partial charge in [-0.05, 0) is 42.7 Å². The Kier molecular flexibility index (Phi) is 5.18. The molecule has 1 fully saturated rings. The number of sulfone groups is 1. The van der Waals surface area contributed by atoms with Crippen LogP contribution in [0.15, 0.2) is 54.6 Å². The van der Waals surface area contributed by atoms with Gasteiger partial charge in [0, 0.05) is 18.2 Å². The molecule has 1 heterocycles. The normalized spacial score (nSPS) is 18.8. The maximum absolute atomic E-state index is 13.1. The molecule has 1 amide bonds. The molecule has 0 spiro atoms. The molecular weight excluding hydrogens is 341 g/mol. The lowest BCUT2D eigenvalue weighted by molar-refractivity contribution is 0.0699. The van der Waals surface area contributed by atoms with Crippen LogP contribution in [0.4, 0.5) is 4.39 Å². The van der Waals surface area contributed by atoms with Crippen molar-refractivity contribution in [2.45, 2.75) is 18.9 Å². The number of carbonyl (C=O) groups is 1. The van der Waals surface area contributed by atoms with E-state index < -0.39 is 15.7 Å². The van der Waals surface area contributed by atoms with Crippen molar-refractivity contribution in [1.29, 1.82) is 0 Å². The van der Waals surface area contributed by atoms with Crippen molar-refractivity contribution < 1.29 is 17.6 Å². The van der Waals surface area contributed by atoms with Crippen molar-refractivity contribution in [3.8, 4) is 0 Å². The van der Waals surface area contributed by atoms with E-state index in [1.807, 2.05) is 30.3 Å². The molecular formula is C19H20FNO3S. The third kappa shape index (κ3) is 4.45. The SMILES string of the molecule is O=C(c1ccc(F)cc1)N(CCc1ccccc1)[C@H]1CCS(=O)(=O)C1. The van der Waals surface area contributed by atoms with Gasteiger partial charge in [0.2, 0.25) is 0 Å². The minimum absolute atomic E-state index is 0.00523. The zero-order valence-corrected chi connectivity index (χ0v) is 14.6. The first-order valence-electron chi connectivity index (χ1n) is 8.25. The molecule has 1 aliphatic heterocycles. The van der Waals surface area contributed by atoms with E-state index in [1.54, 1.807) is 4.90 Å². The Hall–Kier alpha value is -2.21. The van der Waals surface area contributed by atoms with E-state index in [0.29, 0.717) is 24.9 Å². The number of hydrogen-bond donors (Lipinski definition) is 0. The predicted molar refractivity (Wildman–Crippen MR) is 94.6 cm³/mol. The topological polar surface area (TPSA) is 54.5 Å². The highest BCUT2D eigenvalue weighted by molar-refractivity contribution is 7.91. The molecule has 0 N–H and O–H groups in total. The maximum Gasteiger partial charge on any atom is 0.254 e. The third-order valence-corrected chi connectivity index (χ3v) is 6.24. The van der Waals surface area contributed by atoms with Crippen LogP contribution in [0.25, 0.3) is 0 Å². The Morgan fingerprint density at radius 1 is 1.08 bits per heavy atom. The van der Waals surface area contributed by atoms with Gasteiger partial charge in [-0.1, -0.05) is 30.3 Å². The van der Waals surface area contributed by atoms with Gasteiger partial charge in [-0.15, -0.1) is 0 Å². The summed E-state index contributed by atoms with van der Waals surface area (Å²) in [6, 6.07) is 14.8. The third-order valence-electron chi connectivity index (χ3n) is 4.49. The molecule has 1 aliphatic rings. The van der Waals surface area contributed by atoms with Gasteiger partial charge in [0.25, 0.3) is 5.91 Å². The van der Waals surface area contributed by atoms with Crippen LogP contribution in [0.1, 0.15) is 22.3 Å². The number of hydrogen-bond acceptors (Lipinski definition) is 3. The van der Waals surface area contributed by atoms with Gasteiger partial charge in [0.05, 0.1) is 11.5 Å². The van der Waals surface area contributed by atoms with Gasteiger partial charge < -0.3 is 4.90 Å². The average Bonchev–Trinajstić information content (AvgIpc) is 2.96. The largest absolute Gasteiger partial charge is 0.334 e. The van der Waals surface area contributed by atoms with E-state index >= 15 is 0 Å². The van der Waals surface area contributed by atoms with Crippen LogP contribution in [-0.2, 0) is 16.3 Å². The first-order valence-corrected chi connectivity index (χ1v) is 10.1. The molecule has 1 saturated heterocycles. The smallest absolute Gasteiger partial charge is 0.254 e.